The second-order valence-electron chi connectivity index (χ2n) is 3.94. The van der Waals surface area contributed by atoms with Gasteiger partial charge in [-0.05, 0) is 26.0 Å². The Morgan fingerprint density at radius 2 is 2.07 bits per heavy atom. The topological polar surface area (TPSA) is 47.9 Å². The summed E-state index contributed by atoms with van der Waals surface area (Å²) in [6.45, 7) is 3.56. The first-order valence-corrected chi connectivity index (χ1v) is 4.73. The Balaban J connectivity index is 2.63. The van der Waals surface area contributed by atoms with E-state index < -0.39 is 5.60 Å². The van der Waals surface area contributed by atoms with Gasteiger partial charge in [0.25, 0.3) is 0 Å². The molecular formula is C11H14O4. The van der Waals surface area contributed by atoms with E-state index in [0.717, 1.165) is 0 Å². The maximum Gasteiger partial charge on any atom is 0.231 e. The summed E-state index contributed by atoms with van der Waals surface area (Å²) in [6.07, 6.45) is 0. The van der Waals surface area contributed by atoms with Crippen molar-refractivity contribution in [3.05, 3.63) is 17.7 Å². The summed E-state index contributed by atoms with van der Waals surface area (Å²) in [4.78, 5) is 0. The lowest BCUT2D eigenvalue weighted by Crippen LogP contribution is -2.17. The van der Waals surface area contributed by atoms with Gasteiger partial charge in [-0.15, -0.1) is 0 Å². The molecule has 0 saturated carbocycles. The minimum atomic E-state index is -1.02. The second-order valence-corrected chi connectivity index (χ2v) is 3.94. The zero-order valence-electron chi connectivity index (χ0n) is 9.03. The van der Waals surface area contributed by atoms with E-state index in [1.807, 2.05) is 0 Å². The van der Waals surface area contributed by atoms with Crippen LogP contribution in [0.1, 0.15) is 19.4 Å². The molecule has 1 N–H and O–H groups in total. The number of hydrogen-bond donors (Lipinski definition) is 1. The number of rotatable bonds is 2. The molecule has 0 atom stereocenters. The van der Waals surface area contributed by atoms with Gasteiger partial charge in [0.05, 0.1) is 18.3 Å². The molecule has 0 aromatic heterocycles. The van der Waals surface area contributed by atoms with Crippen LogP contribution in [0.25, 0.3) is 0 Å². The van der Waals surface area contributed by atoms with Crippen molar-refractivity contribution in [2.24, 2.45) is 0 Å². The molecular weight excluding hydrogens is 196 g/mol. The van der Waals surface area contributed by atoms with Crippen molar-refractivity contribution < 1.29 is 19.3 Å². The van der Waals surface area contributed by atoms with Crippen molar-refractivity contribution in [2.75, 3.05) is 13.9 Å². The van der Waals surface area contributed by atoms with Crippen molar-refractivity contribution in [3.63, 3.8) is 0 Å². The maximum absolute atomic E-state index is 10.0. The number of benzene rings is 1. The molecule has 1 aliphatic rings. The summed E-state index contributed by atoms with van der Waals surface area (Å²) < 4.78 is 15.8. The zero-order valence-corrected chi connectivity index (χ0v) is 9.03. The van der Waals surface area contributed by atoms with Crippen LogP contribution in [0.2, 0.25) is 0 Å². The molecule has 15 heavy (non-hydrogen) atoms. The Bertz CT molecular complexity index is 379. The van der Waals surface area contributed by atoms with Crippen LogP contribution >= 0.6 is 0 Å². The summed E-state index contributed by atoms with van der Waals surface area (Å²) in [5.74, 6) is 1.82. The third-order valence-corrected chi connectivity index (χ3v) is 2.33. The summed E-state index contributed by atoms with van der Waals surface area (Å²) in [5.41, 5.74) is -0.398. The van der Waals surface area contributed by atoms with Gasteiger partial charge in [-0.2, -0.15) is 0 Å². The Labute approximate surface area is 88.4 Å². The van der Waals surface area contributed by atoms with Gasteiger partial charge in [0.2, 0.25) is 6.79 Å². The third kappa shape index (κ3) is 1.61. The van der Waals surface area contributed by atoms with Crippen molar-refractivity contribution in [2.45, 2.75) is 19.4 Å². The van der Waals surface area contributed by atoms with Crippen LogP contribution in [0, 0.1) is 0 Å². The number of hydrogen-bond acceptors (Lipinski definition) is 4. The molecule has 1 aromatic carbocycles. The Kier molecular flexibility index (Phi) is 2.23. The SMILES string of the molecule is COc1ccc2c(c1C(C)(C)O)OCO2. The van der Waals surface area contributed by atoms with E-state index in [9.17, 15) is 5.11 Å². The smallest absolute Gasteiger partial charge is 0.231 e. The fourth-order valence-corrected chi connectivity index (χ4v) is 1.70. The predicted octanol–water partition coefficient (Wildman–Crippen LogP) is 1.65. The van der Waals surface area contributed by atoms with Crippen molar-refractivity contribution >= 4 is 0 Å². The lowest BCUT2D eigenvalue weighted by molar-refractivity contribution is 0.0714. The fraction of sp³-hybridized carbons (Fsp3) is 0.455. The average molecular weight is 210 g/mol. The van der Waals surface area contributed by atoms with Crippen LogP contribution in [0.15, 0.2) is 12.1 Å². The monoisotopic (exact) mass is 210 g/mol. The normalized spacial score (nSPS) is 14.1. The molecule has 0 amide bonds. The van der Waals surface area contributed by atoms with Crippen LogP contribution in [-0.4, -0.2) is 19.0 Å². The van der Waals surface area contributed by atoms with Crippen LogP contribution in [0.3, 0.4) is 0 Å². The highest BCUT2D eigenvalue weighted by molar-refractivity contribution is 5.57. The first-order chi connectivity index (χ1) is 7.04. The van der Waals surface area contributed by atoms with Crippen LogP contribution in [0.4, 0.5) is 0 Å². The van der Waals surface area contributed by atoms with Gasteiger partial charge in [-0.3, -0.25) is 0 Å². The fourth-order valence-electron chi connectivity index (χ4n) is 1.70. The summed E-state index contributed by atoms with van der Waals surface area (Å²) in [5, 5.41) is 10.0. The van der Waals surface area contributed by atoms with Crippen LogP contribution in [0.5, 0.6) is 17.2 Å². The Morgan fingerprint density at radius 3 is 2.67 bits per heavy atom. The molecule has 0 aliphatic carbocycles. The second kappa shape index (κ2) is 3.31. The number of fused-ring (bicyclic) bond motifs is 1. The highest BCUT2D eigenvalue weighted by Gasteiger charge is 2.31. The molecule has 1 aliphatic heterocycles. The van der Waals surface area contributed by atoms with Crippen LogP contribution in [-0.2, 0) is 5.60 Å². The molecule has 0 saturated heterocycles. The Hall–Kier alpha value is -1.42. The first-order valence-electron chi connectivity index (χ1n) is 4.73. The summed E-state index contributed by atoms with van der Waals surface area (Å²) >= 11 is 0. The van der Waals surface area contributed by atoms with Crippen molar-refractivity contribution in [1.82, 2.24) is 0 Å². The van der Waals surface area contributed by atoms with E-state index >= 15 is 0 Å². The van der Waals surface area contributed by atoms with E-state index in [4.69, 9.17) is 14.2 Å². The molecule has 0 fully saturated rings. The number of ether oxygens (including phenoxy) is 3. The largest absolute Gasteiger partial charge is 0.496 e. The number of methoxy groups -OCH3 is 1. The quantitative estimate of drug-likeness (QED) is 0.806. The molecule has 2 rings (SSSR count). The van der Waals surface area contributed by atoms with Gasteiger partial charge in [0.1, 0.15) is 5.75 Å². The van der Waals surface area contributed by atoms with Gasteiger partial charge in [-0.25, -0.2) is 0 Å². The molecule has 1 aromatic rings. The van der Waals surface area contributed by atoms with Crippen molar-refractivity contribution in [1.29, 1.82) is 0 Å². The summed E-state index contributed by atoms with van der Waals surface area (Å²) in [6, 6.07) is 3.54. The van der Waals surface area contributed by atoms with E-state index in [-0.39, 0.29) is 6.79 Å². The number of aliphatic hydroxyl groups is 1. The van der Waals surface area contributed by atoms with Gasteiger partial charge in [0.15, 0.2) is 11.5 Å². The average Bonchev–Trinajstić information content (AvgIpc) is 2.61. The highest BCUT2D eigenvalue weighted by Crippen LogP contribution is 2.45. The third-order valence-electron chi connectivity index (χ3n) is 2.33. The molecule has 4 nitrogen and oxygen atoms in total. The van der Waals surface area contributed by atoms with E-state index in [1.54, 1.807) is 33.1 Å². The highest BCUT2D eigenvalue weighted by atomic mass is 16.7. The minimum absolute atomic E-state index is 0.186. The van der Waals surface area contributed by atoms with Gasteiger partial charge >= 0.3 is 0 Å². The predicted molar refractivity (Wildman–Crippen MR) is 54.4 cm³/mol. The lowest BCUT2D eigenvalue weighted by atomic mass is 9.96. The molecule has 0 spiro atoms. The van der Waals surface area contributed by atoms with Gasteiger partial charge in [-0.1, -0.05) is 0 Å². The lowest BCUT2D eigenvalue weighted by Gasteiger charge is -2.22. The molecule has 0 unspecified atom stereocenters. The zero-order chi connectivity index (χ0) is 11.1. The first kappa shape index (κ1) is 10.1. The van der Waals surface area contributed by atoms with Gasteiger partial charge in [0, 0.05) is 0 Å². The molecule has 4 heteroatoms. The van der Waals surface area contributed by atoms with E-state index in [0.29, 0.717) is 22.8 Å². The standard InChI is InChI=1S/C11H14O4/c1-11(2,12)9-7(13-3)4-5-8-10(9)15-6-14-8/h4-5,12H,6H2,1-3H3. The van der Waals surface area contributed by atoms with Crippen LogP contribution < -0.4 is 14.2 Å². The van der Waals surface area contributed by atoms with Gasteiger partial charge < -0.3 is 19.3 Å². The van der Waals surface area contributed by atoms with Crippen molar-refractivity contribution in [3.8, 4) is 17.2 Å². The minimum Gasteiger partial charge on any atom is -0.496 e. The maximum atomic E-state index is 10.0. The molecule has 82 valence electrons. The summed E-state index contributed by atoms with van der Waals surface area (Å²) in [7, 11) is 1.56. The molecule has 0 radical (unpaired) electrons. The van der Waals surface area contributed by atoms with E-state index in [1.165, 1.54) is 0 Å². The molecule has 1 heterocycles. The van der Waals surface area contributed by atoms with E-state index in [2.05, 4.69) is 0 Å². The molecule has 0 bridgehead atoms. The Morgan fingerprint density at radius 1 is 1.33 bits per heavy atom.